The Labute approximate surface area is 150 Å². The quantitative estimate of drug-likeness (QED) is 0.206. The third kappa shape index (κ3) is 17.3. The number of ether oxygens (including phenoxy) is 5. The molecule has 25 heavy (non-hydrogen) atoms. The van der Waals surface area contributed by atoms with Crippen LogP contribution in [0.15, 0.2) is 0 Å². The maximum atomic E-state index is 9.57. The molecule has 0 amide bonds. The second-order valence-electron chi connectivity index (χ2n) is 5.45. The van der Waals surface area contributed by atoms with Gasteiger partial charge in [-0.2, -0.15) is 0 Å². The molecule has 0 radical (unpaired) electrons. The Morgan fingerprint density at radius 3 is 1.24 bits per heavy atom. The molecule has 0 rings (SSSR count). The Kier molecular flexibility index (Phi) is 17.5. The van der Waals surface area contributed by atoms with E-state index in [4.69, 9.17) is 33.3 Å². The topological polar surface area (TPSA) is 116 Å². The molecule has 0 spiro atoms. The molecule has 0 unspecified atom stereocenters. The van der Waals surface area contributed by atoms with Gasteiger partial charge in [-0.05, 0) is 0 Å². The van der Waals surface area contributed by atoms with E-state index in [2.05, 4.69) is 0 Å². The van der Waals surface area contributed by atoms with Crippen LogP contribution in [0.3, 0.4) is 0 Å². The van der Waals surface area contributed by atoms with Gasteiger partial charge in [-0.15, -0.1) is 0 Å². The third-order valence-corrected chi connectivity index (χ3v) is 5.15. The summed E-state index contributed by atoms with van der Waals surface area (Å²) in [5, 5.41) is 8.50. The maximum absolute atomic E-state index is 9.57. The SMILES string of the molecule is CC(C)[PH](O)(O)OCCOCCOCCOCCOCCOCCO. The van der Waals surface area contributed by atoms with Gasteiger partial charge in [0.2, 0.25) is 0 Å². The van der Waals surface area contributed by atoms with Crippen molar-refractivity contribution in [2.24, 2.45) is 0 Å². The number of hydrogen-bond acceptors (Lipinski definition) is 9. The molecular weight excluding hydrogens is 355 g/mol. The Morgan fingerprint density at radius 2 is 0.920 bits per heavy atom. The molecule has 0 aliphatic heterocycles. The monoisotopic (exact) mass is 390 g/mol. The van der Waals surface area contributed by atoms with Gasteiger partial charge in [0.25, 0.3) is 0 Å². The molecule has 9 nitrogen and oxygen atoms in total. The van der Waals surface area contributed by atoms with E-state index in [1.54, 1.807) is 13.8 Å². The molecule has 0 atom stereocenters. The molecule has 0 saturated carbocycles. The van der Waals surface area contributed by atoms with E-state index in [-0.39, 0.29) is 18.9 Å². The van der Waals surface area contributed by atoms with Crippen LogP contribution >= 0.6 is 7.94 Å². The van der Waals surface area contributed by atoms with E-state index in [9.17, 15) is 9.79 Å². The number of rotatable bonds is 19. The zero-order chi connectivity index (χ0) is 18.8. The van der Waals surface area contributed by atoms with Crippen molar-refractivity contribution in [3.05, 3.63) is 0 Å². The van der Waals surface area contributed by atoms with Gasteiger partial charge in [0.1, 0.15) is 0 Å². The summed E-state index contributed by atoms with van der Waals surface area (Å²) in [5.74, 6) is 0. The number of aliphatic hydroxyl groups excluding tert-OH is 1. The Morgan fingerprint density at radius 1 is 0.600 bits per heavy atom. The normalized spacial score (nSPS) is 12.9. The molecule has 0 bridgehead atoms. The second kappa shape index (κ2) is 17.5. The fourth-order valence-electron chi connectivity index (χ4n) is 1.46. The Hall–Kier alpha value is 0.0700. The third-order valence-electron chi connectivity index (χ3n) is 3.02. The van der Waals surface area contributed by atoms with E-state index in [0.29, 0.717) is 66.1 Å². The summed E-state index contributed by atoms with van der Waals surface area (Å²) >= 11 is 0. The zero-order valence-electron chi connectivity index (χ0n) is 15.4. The average Bonchev–Trinajstić information content (AvgIpc) is 2.57. The van der Waals surface area contributed by atoms with Crippen LogP contribution in [0.25, 0.3) is 0 Å². The van der Waals surface area contributed by atoms with Crippen molar-refractivity contribution in [3.8, 4) is 0 Å². The van der Waals surface area contributed by atoms with Gasteiger partial charge in [0.05, 0.1) is 26.4 Å². The van der Waals surface area contributed by atoms with Gasteiger partial charge in [-0.1, -0.05) is 0 Å². The van der Waals surface area contributed by atoms with E-state index in [0.717, 1.165) is 0 Å². The fourth-order valence-corrected chi connectivity index (χ4v) is 2.18. The van der Waals surface area contributed by atoms with E-state index >= 15 is 0 Å². The average molecular weight is 390 g/mol. The molecule has 0 heterocycles. The molecule has 3 N–H and O–H groups in total. The summed E-state index contributed by atoms with van der Waals surface area (Å²) in [6.45, 7) is 7.94. The summed E-state index contributed by atoms with van der Waals surface area (Å²) in [6, 6.07) is 0. The van der Waals surface area contributed by atoms with E-state index < -0.39 is 7.94 Å². The summed E-state index contributed by atoms with van der Waals surface area (Å²) in [6.07, 6.45) is 0. The molecule has 154 valence electrons. The molecule has 0 fully saturated rings. The summed E-state index contributed by atoms with van der Waals surface area (Å²) < 4.78 is 31.3. The van der Waals surface area contributed by atoms with Crippen molar-refractivity contribution in [1.29, 1.82) is 0 Å². The smallest absolute Gasteiger partial charge is 0.394 e. The van der Waals surface area contributed by atoms with Crippen molar-refractivity contribution in [1.82, 2.24) is 0 Å². The second-order valence-corrected chi connectivity index (χ2v) is 8.21. The summed E-state index contributed by atoms with van der Waals surface area (Å²) in [4.78, 5) is 19.1. The fraction of sp³-hybridized carbons (Fsp3) is 1.00. The van der Waals surface area contributed by atoms with Crippen LogP contribution in [0.1, 0.15) is 13.8 Å². The summed E-state index contributed by atoms with van der Waals surface area (Å²) in [7, 11) is -3.54. The zero-order valence-corrected chi connectivity index (χ0v) is 16.4. The first kappa shape index (κ1) is 25.1. The molecule has 0 aromatic heterocycles. The van der Waals surface area contributed by atoms with Crippen molar-refractivity contribution in [2.75, 3.05) is 79.3 Å². The predicted molar refractivity (Wildman–Crippen MR) is 95.0 cm³/mol. The van der Waals surface area contributed by atoms with Gasteiger partial charge in [-0.25, -0.2) is 0 Å². The van der Waals surface area contributed by atoms with Crippen molar-refractivity contribution < 1.29 is 43.1 Å². The van der Waals surface area contributed by atoms with Gasteiger partial charge in [0.15, 0.2) is 0 Å². The van der Waals surface area contributed by atoms with Gasteiger partial charge in [-0.3, -0.25) is 0 Å². The van der Waals surface area contributed by atoms with Crippen molar-refractivity contribution >= 4 is 7.94 Å². The van der Waals surface area contributed by atoms with Gasteiger partial charge in [0, 0.05) is 0 Å². The first-order valence-corrected chi connectivity index (χ1v) is 10.5. The van der Waals surface area contributed by atoms with Crippen molar-refractivity contribution in [3.63, 3.8) is 0 Å². The van der Waals surface area contributed by atoms with Crippen LogP contribution in [0.4, 0.5) is 0 Å². The van der Waals surface area contributed by atoms with Crippen LogP contribution in [-0.2, 0) is 28.2 Å². The summed E-state index contributed by atoms with van der Waals surface area (Å²) in [5.41, 5.74) is -0.277. The molecule has 0 aromatic rings. The van der Waals surface area contributed by atoms with Crippen LogP contribution in [0, 0.1) is 0 Å². The molecular formula is C15H35O9P. The van der Waals surface area contributed by atoms with Crippen LogP contribution in [0.5, 0.6) is 0 Å². The molecule has 0 aliphatic rings. The first-order chi connectivity index (χ1) is 12.0. The van der Waals surface area contributed by atoms with Crippen LogP contribution in [-0.4, -0.2) is 99.8 Å². The Balaban J connectivity index is 3.12. The first-order valence-electron chi connectivity index (χ1n) is 8.59. The molecule has 0 aliphatic carbocycles. The van der Waals surface area contributed by atoms with Crippen molar-refractivity contribution in [2.45, 2.75) is 19.5 Å². The van der Waals surface area contributed by atoms with E-state index in [1.807, 2.05) is 0 Å². The standard InChI is InChI=1S/C15H35O9P/c1-15(2)25(17,18)24-14-13-23-12-11-22-10-9-21-8-7-20-6-5-19-4-3-16/h15-18,25H,3-14H2,1-2H3. The minimum absolute atomic E-state index is 0.0215. The molecule has 10 heteroatoms. The number of aliphatic hydroxyl groups is 1. The Bertz CT molecular complexity index is 280. The van der Waals surface area contributed by atoms with E-state index in [1.165, 1.54) is 0 Å². The minimum Gasteiger partial charge on any atom is -0.394 e. The van der Waals surface area contributed by atoms with Gasteiger partial charge >= 0.3 is 109 Å². The van der Waals surface area contributed by atoms with Gasteiger partial charge < -0.3 is 14.6 Å². The van der Waals surface area contributed by atoms with Crippen LogP contribution in [0.2, 0.25) is 0 Å². The predicted octanol–water partition coefficient (Wildman–Crippen LogP) is -0.0338. The molecule has 0 saturated heterocycles. The van der Waals surface area contributed by atoms with Crippen LogP contribution < -0.4 is 0 Å². The minimum atomic E-state index is -3.54. The molecule has 0 aromatic carbocycles. The number of hydrogen-bond donors (Lipinski definition) is 3.